The number of rotatable bonds is 7. The van der Waals surface area contributed by atoms with Gasteiger partial charge in [0.1, 0.15) is 0 Å². The molecule has 1 nitrogen and oxygen atoms in total. The zero-order valence-corrected chi connectivity index (χ0v) is 13.4. The summed E-state index contributed by atoms with van der Waals surface area (Å²) in [7, 11) is 0. The molecule has 0 N–H and O–H groups in total. The van der Waals surface area contributed by atoms with Gasteiger partial charge < -0.3 is 0 Å². The minimum atomic E-state index is -8.40. The summed E-state index contributed by atoms with van der Waals surface area (Å²) in [6, 6.07) is -7.98. The predicted octanol–water partition coefficient (Wildman–Crippen LogP) is 6.88. The molecule has 0 aliphatic heterocycles. The Morgan fingerprint density at radius 1 is 0.375 bits per heavy atom. The average molecular weight is 533 g/mol. The highest BCUT2D eigenvalue weighted by atomic mass is 19.4. The molecule has 0 fully saturated rings. The maximum atomic E-state index is 13.0. The van der Waals surface area contributed by atoms with Crippen LogP contribution < -0.4 is 0 Å². The van der Waals surface area contributed by atoms with E-state index in [1.807, 2.05) is 0 Å². The topological polar surface area (TPSA) is 12.4 Å². The molecule has 0 atom stereocenters. The number of alkyl halides is 20. The van der Waals surface area contributed by atoms with Crippen molar-refractivity contribution in [3.05, 3.63) is 0 Å². The SMILES string of the molecule is FC(=NC(F)(F)C(F)(F)C(F)(F)C(F)(F)C(F)(F)F)C(F)(F)C(F)(F)C(F)(F)C(F)(F)F. The van der Waals surface area contributed by atoms with Crippen molar-refractivity contribution in [1.82, 2.24) is 0 Å². The van der Waals surface area contributed by atoms with Crippen LogP contribution in [-0.4, -0.2) is 59.9 Å². The van der Waals surface area contributed by atoms with Gasteiger partial charge in [0.2, 0.25) is 0 Å². The van der Waals surface area contributed by atoms with Crippen molar-refractivity contribution in [2.45, 2.75) is 53.9 Å². The second kappa shape index (κ2) is 7.35. The third kappa shape index (κ3) is 4.00. The second-order valence-corrected chi connectivity index (χ2v) is 5.39. The Labute approximate surface area is 158 Å². The van der Waals surface area contributed by atoms with Crippen LogP contribution in [0.1, 0.15) is 0 Å². The molecule has 0 spiro atoms. The minimum Gasteiger partial charge on any atom is -0.192 e. The molecule has 0 amide bonds. The average Bonchev–Trinajstić information content (AvgIpc) is 2.51. The van der Waals surface area contributed by atoms with Gasteiger partial charge in [-0.15, -0.1) is 0 Å². The largest absolute Gasteiger partial charge is 0.460 e. The Morgan fingerprint density at radius 3 is 0.938 bits per heavy atom. The van der Waals surface area contributed by atoms with Gasteiger partial charge in [-0.3, -0.25) is 0 Å². The Balaban J connectivity index is 6.68. The fourth-order valence-corrected chi connectivity index (χ4v) is 1.33. The summed E-state index contributed by atoms with van der Waals surface area (Å²) in [6.45, 7) is 0. The van der Waals surface area contributed by atoms with Crippen molar-refractivity contribution in [3.8, 4) is 0 Å². The van der Waals surface area contributed by atoms with Gasteiger partial charge in [-0.25, -0.2) is 0 Å². The molecule has 0 radical (unpaired) electrons. The first-order valence-electron chi connectivity index (χ1n) is 6.42. The van der Waals surface area contributed by atoms with Gasteiger partial charge in [0, 0.05) is 0 Å². The van der Waals surface area contributed by atoms with E-state index in [2.05, 4.69) is 0 Å². The Hall–Kier alpha value is -1.80. The molecule has 0 heterocycles. The number of nitrogens with zero attached hydrogens (tertiary/aromatic N) is 1. The lowest BCUT2D eigenvalue weighted by molar-refractivity contribution is -0.421. The lowest BCUT2D eigenvalue weighted by Gasteiger charge is -2.36. The normalized spacial score (nSPS) is 17.1. The molecular formula is C10F21N. The molecule has 22 heteroatoms. The molecule has 0 aromatic carbocycles. The molecule has 0 bridgehead atoms. The summed E-state index contributed by atoms with van der Waals surface area (Å²) in [5.41, 5.74) is 0. The van der Waals surface area contributed by atoms with E-state index in [0.717, 1.165) is 0 Å². The van der Waals surface area contributed by atoms with Gasteiger partial charge in [0.25, 0.3) is 5.97 Å². The molecule has 0 saturated heterocycles. The van der Waals surface area contributed by atoms with E-state index in [0.29, 0.717) is 0 Å². The van der Waals surface area contributed by atoms with E-state index < -0.39 is 59.9 Å². The van der Waals surface area contributed by atoms with Crippen LogP contribution >= 0.6 is 0 Å². The van der Waals surface area contributed by atoms with Gasteiger partial charge >= 0.3 is 53.9 Å². The van der Waals surface area contributed by atoms with Crippen LogP contribution in [0, 0.1) is 0 Å². The summed E-state index contributed by atoms with van der Waals surface area (Å²) in [4.78, 5) is -0.269. The highest BCUT2D eigenvalue weighted by Crippen LogP contribution is 2.58. The summed E-state index contributed by atoms with van der Waals surface area (Å²) in [5, 5.41) is 0. The fraction of sp³-hybridized carbons (Fsp3) is 0.900. The quantitative estimate of drug-likeness (QED) is 0.192. The zero-order chi connectivity index (χ0) is 26.8. The Kier molecular flexibility index (Phi) is 6.94. The lowest BCUT2D eigenvalue weighted by atomic mass is 10.0. The second-order valence-electron chi connectivity index (χ2n) is 5.39. The van der Waals surface area contributed by atoms with Crippen molar-refractivity contribution in [1.29, 1.82) is 0 Å². The molecule has 192 valence electrons. The molecule has 0 aromatic rings. The van der Waals surface area contributed by atoms with Gasteiger partial charge in [-0.2, -0.15) is 97.2 Å². The molecule has 0 aliphatic rings. The minimum absolute atomic E-state index is 0.269. The summed E-state index contributed by atoms with van der Waals surface area (Å²) in [6.07, 6.45) is -15.5. The maximum Gasteiger partial charge on any atom is 0.460 e. The lowest BCUT2D eigenvalue weighted by Crippen LogP contribution is -2.66. The van der Waals surface area contributed by atoms with E-state index in [1.54, 1.807) is 0 Å². The van der Waals surface area contributed by atoms with Crippen molar-refractivity contribution in [2.24, 2.45) is 4.99 Å². The van der Waals surface area contributed by atoms with Crippen LogP contribution in [0.4, 0.5) is 92.2 Å². The molecule has 0 aliphatic carbocycles. The Bertz CT molecular complexity index is 720. The van der Waals surface area contributed by atoms with Crippen LogP contribution in [0.5, 0.6) is 0 Å². The van der Waals surface area contributed by atoms with E-state index in [4.69, 9.17) is 0 Å². The fourth-order valence-electron chi connectivity index (χ4n) is 1.33. The third-order valence-electron chi connectivity index (χ3n) is 3.16. The monoisotopic (exact) mass is 533 g/mol. The molecule has 32 heavy (non-hydrogen) atoms. The van der Waals surface area contributed by atoms with Crippen LogP contribution in [0.15, 0.2) is 4.99 Å². The van der Waals surface area contributed by atoms with Crippen LogP contribution in [0.3, 0.4) is 0 Å². The van der Waals surface area contributed by atoms with Crippen LogP contribution in [-0.2, 0) is 0 Å². The van der Waals surface area contributed by atoms with E-state index in [9.17, 15) is 92.2 Å². The summed E-state index contributed by atoms with van der Waals surface area (Å²) in [5.74, 6) is -54.5. The van der Waals surface area contributed by atoms with Crippen molar-refractivity contribution < 1.29 is 92.2 Å². The summed E-state index contributed by atoms with van der Waals surface area (Å²) < 4.78 is 262. The van der Waals surface area contributed by atoms with E-state index >= 15 is 0 Å². The first-order chi connectivity index (χ1) is 13.4. The van der Waals surface area contributed by atoms with Gasteiger partial charge in [0.05, 0.1) is 0 Å². The third-order valence-corrected chi connectivity index (χ3v) is 3.16. The van der Waals surface area contributed by atoms with Crippen molar-refractivity contribution >= 4 is 5.97 Å². The first-order valence-corrected chi connectivity index (χ1v) is 6.42. The number of hydrogen-bond acceptors (Lipinski definition) is 1. The smallest absolute Gasteiger partial charge is 0.192 e. The summed E-state index contributed by atoms with van der Waals surface area (Å²) >= 11 is 0. The van der Waals surface area contributed by atoms with E-state index in [-0.39, 0.29) is 4.99 Å². The van der Waals surface area contributed by atoms with Crippen LogP contribution in [0.2, 0.25) is 0 Å². The molecule has 0 saturated carbocycles. The van der Waals surface area contributed by atoms with Crippen molar-refractivity contribution in [3.63, 3.8) is 0 Å². The number of halogens is 21. The number of aliphatic imine (C=N–C) groups is 1. The zero-order valence-electron chi connectivity index (χ0n) is 13.4. The highest BCUT2D eigenvalue weighted by Gasteiger charge is 2.88. The maximum absolute atomic E-state index is 13.0. The molecule has 0 rings (SSSR count). The van der Waals surface area contributed by atoms with Gasteiger partial charge in [-0.1, -0.05) is 0 Å². The highest BCUT2D eigenvalue weighted by molar-refractivity contribution is 5.84. The molecule has 0 aromatic heterocycles. The van der Waals surface area contributed by atoms with E-state index in [1.165, 1.54) is 0 Å². The van der Waals surface area contributed by atoms with Gasteiger partial charge in [0.15, 0.2) is 0 Å². The standard InChI is InChI=1S/C10F21N/c11-1(2(12,13)3(14,15)5(18,19)8(24,25)26)32-10(30,31)7(22,23)4(16,17)6(20,21)9(27,28)29. The molecule has 0 unspecified atom stereocenters. The van der Waals surface area contributed by atoms with Crippen LogP contribution in [0.25, 0.3) is 0 Å². The van der Waals surface area contributed by atoms with Gasteiger partial charge in [-0.05, 0) is 0 Å². The first kappa shape index (κ1) is 30.2. The predicted molar refractivity (Wildman–Crippen MR) is 55.3 cm³/mol. The molecular weight excluding hydrogens is 533 g/mol. The Morgan fingerprint density at radius 2 is 0.656 bits per heavy atom. The van der Waals surface area contributed by atoms with Crippen molar-refractivity contribution in [2.75, 3.05) is 0 Å². The number of hydrogen-bond donors (Lipinski definition) is 0.